The summed E-state index contributed by atoms with van der Waals surface area (Å²) in [6.45, 7) is 3.15. The molecule has 0 aliphatic carbocycles. The predicted molar refractivity (Wildman–Crippen MR) is 66.8 cm³/mol. The number of methoxy groups -OCH3 is 1. The van der Waals surface area contributed by atoms with E-state index in [0.717, 1.165) is 6.54 Å². The number of hydrogen-bond donors (Lipinski definition) is 2. The summed E-state index contributed by atoms with van der Waals surface area (Å²) in [7, 11) is -2.46. The van der Waals surface area contributed by atoms with E-state index in [9.17, 15) is 8.42 Å². The topological polar surface area (TPSA) is 81.4 Å². The summed E-state index contributed by atoms with van der Waals surface area (Å²) >= 11 is 5.86. The number of sulfonamides is 1. The van der Waals surface area contributed by atoms with E-state index < -0.39 is 10.0 Å². The van der Waals surface area contributed by atoms with E-state index in [1.165, 1.54) is 13.2 Å². The summed E-state index contributed by atoms with van der Waals surface area (Å²) in [5.74, 6) is 0.234. The molecule has 0 aromatic heterocycles. The molecule has 3 N–H and O–H groups in total. The monoisotopic (exact) mass is 278 g/mol. The summed E-state index contributed by atoms with van der Waals surface area (Å²) in [4.78, 5) is -0.0968. The molecule has 1 aromatic carbocycles. The van der Waals surface area contributed by atoms with E-state index in [1.54, 1.807) is 6.07 Å². The predicted octanol–water partition coefficient (Wildman–Crippen LogP) is 1.11. The van der Waals surface area contributed by atoms with Crippen molar-refractivity contribution >= 4 is 21.6 Å². The average molecular weight is 279 g/mol. The van der Waals surface area contributed by atoms with Crippen molar-refractivity contribution in [3.8, 4) is 5.75 Å². The van der Waals surface area contributed by atoms with Gasteiger partial charge in [-0.3, -0.25) is 0 Å². The van der Waals surface area contributed by atoms with Crippen LogP contribution >= 0.6 is 11.6 Å². The van der Waals surface area contributed by atoms with Gasteiger partial charge in [0.2, 0.25) is 10.0 Å². The molecule has 0 radical (unpaired) electrons. The van der Waals surface area contributed by atoms with E-state index in [4.69, 9.17) is 21.5 Å². The number of hydrogen-bond acceptors (Lipinski definition) is 4. The van der Waals surface area contributed by atoms with Crippen molar-refractivity contribution in [2.45, 2.75) is 18.4 Å². The fourth-order valence-electron chi connectivity index (χ4n) is 1.46. The van der Waals surface area contributed by atoms with Gasteiger partial charge in [-0.15, -0.1) is 0 Å². The van der Waals surface area contributed by atoms with Gasteiger partial charge in [-0.2, -0.15) is 0 Å². The van der Waals surface area contributed by atoms with Crippen LogP contribution in [0.25, 0.3) is 0 Å². The Hall–Kier alpha value is -0.820. The lowest BCUT2D eigenvalue weighted by Crippen LogP contribution is -2.17. The van der Waals surface area contributed by atoms with Crippen molar-refractivity contribution in [1.29, 1.82) is 0 Å². The third-order valence-electron chi connectivity index (χ3n) is 2.17. The second-order valence-corrected chi connectivity index (χ2v) is 5.39. The summed E-state index contributed by atoms with van der Waals surface area (Å²) < 4.78 is 27.9. The number of halogens is 1. The molecule has 0 saturated carbocycles. The van der Waals surface area contributed by atoms with Crippen molar-refractivity contribution < 1.29 is 13.2 Å². The Morgan fingerprint density at radius 3 is 2.59 bits per heavy atom. The SMILES string of the molecule is CCNCc1cc(Cl)cc(S(N)(=O)=O)c1OC. The summed E-state index contributed by atoms with van der Waals surface area (Å²) in [6.07, 6.45) is 0. The van der Waals surface area contributed by atoms with Crippen LogP contribution in [0.1, 0.15) is 12.5 Å². The van der Waals surface area contributed by atoms with Crippen LogP contribution in [0, 0.1) is 0 Å². The van der Waals surface area contributed by atoms with Crippen LogP contribution in [-0.4, -0.2) is 22.1 Å². The third kappa shape index (κ3) is 3.57. The number of benzene rings is 1. The first-order valence-electron chi connectivity index (χ1n) is 5.00. The minimum absolute atomic E-state index is 0.0968. The molecule has 0 heterocycles. The highest BCUT2D eigenvalue weighted by Gasteiger charge is 2.19. The second kappa shape index (κ2) is 5.68. The molecule has 0 amide bonds. The van der Waals surface area contributed by atoms with Gasteiger partial charge in [0.05, 0.1) is 7.11 Å². The zero-order valence-electron chi connectivity index (χ0n) is 9.66. The number of ether oxygens (including phenoxy) is 1. The van der Waals surface area contributed by atoms with Crippen molar-refractivity contribution in [3.05, 3.63) is 22.7 Å². The van der Waals surface area contributed by atoms with Gasteiger partial charge in [-0.05, 0) is 18.7 Å². The summed E-state index contributed by atoms with van der Waals surface area (Å²) in [5.41, 5.74) is 0.658. The lowest BCUT2D eigenvalue weighted by atomic mass is 10.2. The lowest BCUT2D eigenvalue weighted by molar-refractivity contribution is 0.396. The van der Waals surface area contributed by atoms with Crippen LogP contribution in [0.3, 0.4) is 0 Å². The van der Waals surface area contributed by atoms with Crippen LogP contribution in [0.5, 0.6) is 5.75 Å². The summed E-state index contributed by atoms with van der Waals surface area (Å²) in [6, 6.07) is 2.93. The average Bonchev–Trinajstić information content (AvgIpc) is 2.24. The summed E-state index contributed by atoms with van der Waals surface area (Å²) in [5, 5.41) is 8.49. The smallest absolute Gasteiger partial charge is 0.241 e. The Morgan fingerprint density at radius 2 is 2.12 bits per heavy atom. The van der Waals surface area contributed by atoms with E-state index in [1.807, 2.05) is 6.92 Å². The third-order valence-corrected chi connectivity index (χ3v) is 3.31. The Kier molecular flexibility index (Phi) is 4.76. The van der Waals surface area contributed by atoms with Crippen LogP contribution in [-0.2, 0) is 16.6 Å². The molecular formula is C10H15ClN2O3S. The molecule has 0 saturated heterocycles. The standard InChI is InChI=1S/C10H15ClN2O3S/c1-3-13-6-7-4-8(11)5-9(10(7)16-2)17(12,14)15/h4-5,13H,3,6H2,1-2H3,(H2,12,14,15). The van der Waals surface area contributed by atoms with E-state index >= 15 is 0 Å². The maximum atomic E-state index is 11.4. The molecule has 5 nitrogen and oxygen atoms in total. The number of nitrogens with one attached hydrogen (secondary N) is 1. The fourth-order valence-corrected chi connectivity index (χ4v) is 2.53. The Morgan fingerprint density at radius 1 is 1.47 bits per heavy atom. The number of nitrogens with two attached hydrogens (primary N) is 1. The largest absolute Gasteiger partial charge is 0.495 e. The molecule has 0 aliphatic heterocycles. The van der Waals surface area contributed by atoms with E-state index in [-0.39, 0.29) is 10.6 Å². The molecule has 17 heavy (non-hydrogen) atoms. The molecule has 0 aliphatic rings. The fraction of sp³-hybridized carbons (Fsp3) is 0.400. The van der Waals surface area contributed by atoms with Gasteiger partial charge in [0.15, 0.2) is 0 Å². The maximum Gasteiger partial charge on any atom is 0.241 e. The molecule has 0 bridgehead atoms. The van der Waals surface area contributed by atoms with Gasteiger partial charge >= 0.3 is 0 Å². The van der Waals surface area contributed by atoms with Crippen LogP contribution in [0.4, 0.5) is 0 Å². The first-order chi connectivity index (χ1) is 7.90. The van der Waals surface area contributed by atoms with Gasteiger partial charge in [0, 0.05) is 17.1 Å². The van der Waals surface area contributed by atoms with E-state index in [2.05, 4.69) is 5.32 Å². The second-order valence-electron chi connectivity index (χ2n) is 3.42. The number of primary sulfonamides is 1. The van der Waals surface area contributed by atoms with Gasteiger partial charge < -0.3 is 10.1 Å². The van der Waals surface area contributed by atoms with Gasteiger partial charge in [-0.25, -0.2) is 13.6 Å². The molecule has 0 fully saturated rings. The first kappa shape index (κ1) is 14.2. The maximum absolute atomic E-state index is 11.4. The Bertz CT molecular complexity index is 503. The molecule has 0 spiro atoms. The minimum atomic E-state index is -3.85. The highest BCUT2D eigenvalue weighted by molar-refractivity contribution is 7.89. The zero-order chi connectivity index (χ0) is 13.1. The molecule has 96 valence electrons. The molecule has 1 rings (SSSR count). The van der Waals surface area contributed by atoms with Gasteiger partial charge in [-0.1, -0.05) is 18.5 Å². The van der Waals surface area contributed by atoms with Crippen molar-refractivity contribution in [2.24, 2.45) is 5.14 Å². The first-order valence-corrected chi connectivity index (χ1v) is 6.92. The van der Waals surface area contributed by atoms with Crippen molar-refractivity contribution in [1.82, 2.24) is 5.32 Å². The number of rotatable bonds is 5. The van der Waals surface area contributed by atoms with Crippen LogP contribution < -0.4 is 15.2 Å². The lowest BCUT2D eigenvalue weighted by Gasteiger charge is -2.13. The van der Waals surface area contributed by atoms with Crippen LogP contribution in [0.2, 0.25) is 5.02 Å². The molecule has 0 unspecified atom stereocenters. The minimum Gasteiger partial charge on any atom is -0.495 e. The molecular weight excluding hydrogens is 264 g/mol. The Labute approximate surface area is 106 Å². The Balaban J connectivity index is 3.35. The van der Waals surface area contributed by atoms with Gasteiger partial charge in [0.25, 0.3) is 0 Å². The molecule has 1 aromatic rings. The molecule has 7 heteroatoms. The van der Waals surface area contributed by atoms with E-state index in [0.29, 0.717) is 17.1 Å². The highest BCUT2D eigenvalue weighted by Crippen LogP contribution is 2.30. The van der Waals surface area contributed by atoms with Crippen molar-refractivity contribution in [2.75, 3.05) is 13.7 Å². The highest BCUT2D eigenvalue weighted by atomic mass is 35.5. The van der Waals surface area contributed by atoms with Crippen LogP contribution in [0.15, 0.2) is 17.0 Å². The zero-order valence-corrected chi connectivity index (χ0v) is 11.2. The van der Waals surface area contributed by atoms with Crippen molar-refractivity contribution in [3.63, 3.8) is 0 Å². The molecule has 0 atom stereocenters. The quantitative estimate of drug-likeness (QED) is 0.845. The van der Waals surface area contributed by atoms with Gasteiger partial charge in [0.1, 0.15) is 10.6 Å². The normalized spacial score (nSPS) is 11.5.